The second-order valence-electron chi connectivity index (χ2n) is 9.66. The number of likely N-dealkylation sites (tertiary alicyclic amines) is 1. The molecule has 2 aromatic heterocycles. The van der Waals surface area contributed by atoms with Crippen LogP contribution in [0.3, 0.4) is 0 Å². The van der Waals surface area contributed by atoms with E-state index in [1.54, 1.807) is 27.7 Å². The number of carbonyl (C=O) groups is 2. The second kappa shape index (κ2) is 10.5. The molecule has 0 radical (unpaired) electrons. The quantitative estimate of drug-likeness (QED) is 0.444. The number of thiophene rings is 1. The summed E-state index contributed by atoms with van der Waals surface area (Å²) in [4.78, 5) is 35.8. The first-order valence-electron chi connectivity index (χ1n) is 11.7. The van der Waals surface area contributed by atoms with Crippen LogP contribution in [0.4, 0.5) is 20.7 Å². The Bertz CT molecular complexity index is 1320. The smallest absolute Gasteiger partial charge is 0.410 e. The monoisotopic (exact) mass is 532 g/mol. The fourth-order valence-electron chi connectivity index (χ4n) is 4.13. The lowest BCUT2D eigenvalue weighted by Gasteiger charge is -2.27. The molecule has 10 nitrogen and oxygen atoms in total. The van der Waals surface area contributed by atoms with E-state index >= 15 is 0 Å². The zero-order chi connectivity index (χ0) is 26.9. The van der Waals surface area contributed by atoms with Crippen LogP contribution in [0.5, 0.6) is 5.75 Å². The number of aliphatic hydroxyl groups is 1. The van der Waals surface area contributed by atoms with Crippen LogP contribution in [-0.4, -0.2) is 70.0 Å². The molecule has 37 heavy (non-hydrogen) atoms. The van der Waals surface area contributed by atoms with E-state index in [0.717, 1.165) is 0 Å². The number of amides is 1. The molecule has 1 aliphatic heterocycles. The van der Waals surface area contributed by atoms with Gasteiger partial charge in [-0.2, -0.15) is 0 Å². The third-order valence-electron chi connectivity index (χ3n) is 5.80. The summed E-state index contributed by atoms with van der Waals surface area (Å²) < 4.78 is 30.7. The Morgan fingerprint density at radius 3 is 2.73 bits per heavy atom. The van der Waals surface area contributed by atoms with Crippen LogP contribution in [0.2, 0.25) is 0 Å². The molecule has 3 heterocycles. The topological polar surface area (TPSA) is 123 Å². The fourth-order valence-corrected chi connectivity index (χ4v) is 5.20. The van der Waals surface area contributed by atoms with Crippen LogP contribution < -0.4 is 10.1 Å². The largest absolute Gasteiger partial charge is 0.486 e. The molecule has 2 atom stereocenters. The van der Waals surface area contributed by atoms with Crippen molar-refractivity contribution < 1.29 is 33.3 Å². The Morgan fingerprint density at radius 1 is 1.30 bits per heavy atom. The zero-order valence-corrected chi connectivity index (χ0v) is 22.0. The summed E-state index contributed by atoms with van der Waals surface area (Å²) in [6, 6.07) is 3.56. The number of esters is 1. The molecular weight excluding hydrogens is 503 g/mol. The molecule has 12 heteroatoms. The molecule has 0 aliphatic carbocycles. The van der Waals surface area contributed by atoms with E-state index in [2.05, 4.69) is 15.3 Å². The molecule has 0 saturated carbocycles. The number of ether oxygens (including phenoxy) is 3. The molecule has 1 saturated heterocycles. The van der Waals surface area contributed by atoms with E-state index in [-0.39, 0.29) is 18.9 Å². The number of anilines is 2. The second-order valence-corrected chi connectivity index (χ2v) is 10.7. The number of aryl methyl sites for hydroxylation is 1. The summed E-state index contributed by atoms with van der Waals surface area (Å²) in [5, 5.41) is 13.6. The minimum absolute atomic E-state index is 0.167. The van der Waals surface area contributed by atoms with Crippen molar-refractivity contribution in [3.8, 4) is 5.75 Å². The lowest BCUT2D eigenvalue weighted by atomic mass is 10.2. The van der Waals surface area contributed by atoms with E-state index in [9.17, 15) is 19.1 Å². The molecule has 0 bridgehead atoms. The van der Waals surface area contributed by atoms with Crippen molar-refractivity contribution >= 4 is 45.1 Å². The maximum Gasteiger partial charge on any atom is 0.410 e. The van der Waals surface area contributed by atoms with Crippen LogP contribution in [0.1, 0.15) is 42.4 Å². The lowest BCUT2D eigenvalue weighted by Crippen LogP contribution is -2.41. The zero-order valence-electron chi connectivity index (χ0n) is 21.2. The van der Waals surface area contributed by atoms with Crippen LogP contribution >= 0.6 is 11.3 Å². The SMILES string of the molecule is COC(=O)c1sc2ncnc(Nc3ccc(F)cc3O[C@H]3C[C@@H](CO)N(C(=O)OC(C)(C)C)C3)c2c1C. The van der Waals surface area contributed by atoms with Gasteiger partial charge in [0.15, 0.2) is 0 Å². The molecule has 2 N–H and O–H groups in total. The third-order valence-corrected chi connectivity index (χ3v) is 6.98. The van der Waals surface area contributed by atoms with Crippen LogP contribution in [0.15, 0.2) is 24.5 Å². The van der Waals surface area contributed by atoms with Crippen molar-refractivity contribution in [2.24, 2.45) is 0 Å². The highest BCUT2D eigenvalue weighted by atomic mass is 32.1. The van der Waals surface area contributed by atoms with Crippen molar-refractivity contribution in [3.63, 3.8) is 0 Å². The predicted octanol–water partition coefficient (Wildman–Crippen LogP) is 4.42. The van der Waals surface area contributed by atoms with Gasteiger partial charge in [0.05, 0.1) is 37.4 Å². The van der Waals surface area contributed by atoms with E-state index in [1.807, 2.05) is 0 Å². The number of aromatic nitrogens is 2. The maximum atomic E-state index is 14.2. The molecule has 0 unspecified atom stereocenters. The minimum Gasteiger partial charge on any atom is -0.486 e. The van der Waals surface area contributed by atoms with Gasteiger partial charge in [-0.3, -0.25) is 4.90 Å². The Balaban J connectivity index is 1.60. The Labute approximate surface area is 217 Å². The first-order chi connectivity index (χ1) is 17.5. The van der Waals surface area contributed by atoms with Crippen molar-refractivity contribution in [1.29, 1.82) is 0 Å². The van der Waals surface area contributed by atoms with Gasteiger partial charge in [-0.25, -0.2) is 23.9 Å². The summed E-state index contributed by atoms with van der Waals surface area (Å²) in [5.41, 5.74) is 0.406. The van der Waals surface area contributed by atoms with E-state index in [1.165, 1.54) is 47.9 Å². The summed E-state index contributed by atoms with van der Waals surface area (Å²) in [6.07, 6.45) is 0.655. The predicted molar refractivity (Wildman–Crippen MR) is 136 cm³/mol. The number of nitrogens with zero attached hydrogens (tertiary/aromatic N) is 3. The average Bonchev–Trinajstić information content (AvgIpc) is 3.40. The van der Waals surface area contributed by atoms with Gasteiger partial charge < -0.3 is 24.6 Å². The Kier molecular flexibility index (Phi) is 7.51. The first kappa shape index (κ1) is 26.6. The van der Waals surface area contributed by atoms with E-state index < -0.39 is 35.6 Å². The molecule has 198 valence electrons. The van der Waals surface area contributed by atoms with Gasteiger partial charge >= 0.3 is 12.1 Å². The third kappa shape index (κ3) is 5.75. The van der Waals surface area contributed by atoms with Crippen LogP contribution in [-0.2, 0) is 9.47 Å². The molecule has 4 rings (SSSR count). The normalized spacial score (nSPS) is 17.6. The highest BCUT2D eigenvalue weighted by Gasteiger charge is 2.38. The molecular formula is C25H29FN4O6S. The number of methoxy groups -OCH3 is 1. The van der Waals surface area contributed by atoms with Crippen molar-refractivity contribution in [2.75, 3.05) is 25.6 Å². The highest BCUT2D eigenvalue weighted by Crippen LogP contribution is 2.37. The Morgan fingerprint density at radius 2 is 2.05 bits per heavy atom. The standard InChI is InChI=1S/C25H29FN4O6S/c1-13-19-21(27-12-28-22(19)37-20(13)23(32)34-5)29-17-7-6-14(26)8-18(17)35-16-9-15(11-31)30(10-16)24(33)36-25(2,3)4/h6-8,12,15-16,31H,9-11H2,1-5H3,(H,27,28,29)/t15-,16-/m0/s1. The summed E-state index contributed by atoms with van der Waals surface area (Å²) >= 11 is 1.19. The Hall–Kier alpha value is -3.51. The molecule has 3 aromatic rings. The van der Waals surface area contributed by atoms with Crippen molar-refractivity contribution in [3.05, 3.63) is 40.8 Å². The van der Waals surface area contributed by atoms with Gasteiger partial charge in [0, 0.05) is 12.5 Å². The molecule has 0 spiro atoms. The number of halogens is 1. The van der Waals surface area contributed by atoms with Gasteiger partial charge in [0.1, 0.15) is 45.1 Å². The molecule has 1 amide bonds. The number of fused-ring (bicyclic) bond motifs is 1. The lowest BCUT2D eigenvalue weighted by molar-refractivity contribution is 0.0165. The van der Waals surface area contributed by atoms with E-state index in [4.69, 9.17) is 14.2 Å². The van der Waals surface area contributed by atoms with Gasteiger partial charge in [-0.1, -0.05) is 0 Å². The van der Waals surface area contributed by atoms with E-state index in [0.29, 0.717) is 38.6 Å². The fraction of sp³-hybridized carbons (Fsp3) is 0.440. The van der Waals surface area contributed by atoms with Gasteiger partial charge in [0.25, 0.3) is 0 Å². The number of carbonyl (C=O) groups excluding carboxylic acids is 2. The number of aliphatic hydroxyl groups excluding tert-OH is 1. The number of rotatable bonds is 6. The number of hydrogen-bond donors (Lipinski definition) is 2. The van der Waals surface area contributed by atoms with Crippen molar-refractivity contribution in [1.82, 2.24) is 14.9 Å². The maximum absolute atomic E-state index is 14.2. The highest BCUT2D eigenvalue weighted by molar-refractivity contribution is 7.20. The minimum atomic E-state index is -0.688. The number of benzene rings is 1. The number of hydrogen-bond acceptors (Lipinski definition) is 10. The van der Waals surface area contributed by atoms with Gasteiger partial charge in [-0.15, -0.1) is 11.3 Å². The summed E-state index contributed by atoms with van der Waals surface area (Å²) in [7, 11) is 1.31. The van der Waals surface area contributed by atoms with Crippen molar-refractivity contribution in [2.45, 2.75) is 51.9 Å². The van der Waals surface area contributed by atoms with Crippen LogP contribution in [0, 0.1) is 12.7 Å². The molecule has 1 fully saturated rings. The van der Waals surface area contributed by atoms with Gasteiger partial charge in [-0.05, 0) is 45.4 Å². The summed E-state index contributed by atoms with van der Waals surface area (Å²) in [5.74, 6) is -0.346. The van der Waals surface area contributed by atoms with Gasteiger partial charge in [0.2, 0.25) is 0 Å². The molecule has 1 aliphatic rings. The number of nitrogens with one attached hydrogen (secondary N) is 1. The van der Waals surface area contributed by atoms with Crippen LogP contribution in [0.25, 0.3) is 10.2 Å². The molecule has 1 aromatic carbocycles. The summed E-state index contributed by atoms with van der Waals surface area (Å²) in [6.45, 7) is 6.98. The average molecular weight is 533 g/mol. The first-order valence-corrected chi connectivity index (χ1v) is 12.5.